The Balaban J connectivity index is 1.26. The topological polar surface area (TPSA) is 71.1 Å². The van der Waals surface area contributed by atoms with Gasteiger partial charge in [0.05, 0.1) is 16.6 Å². The van der Waals surface area contributed by atoms with E-state index in [4.69, 9.17) is 0 Å². The molecule has 0 saturated carbocycles. The number of rotatable bonds is 6. The second kappa shape index (κ2) is 8.80. The van der Waals surface area contributed by atoms with Gasteiger partial charge in [-0.1, -0.05) is 42.0 Å². The van der Waals surface area contributed by atoms with Crippen LogP contribution in [0.25, 0.3) is 10.6 Å². The summed E-state index contributed by atoms with van der Waals surface area (Å²) in [5.74, 6) is -0.239. The number of hydrogen-bond acceptors (Lipinski definition) is 5. The first-order valence-corrected chi connectivity index (χ1v) is 11.2. The highest BCUT2D eigenvalue weighted by Crippen LogP contribution is 2.36. The molecule has 4 rings (SSSR count). The molecule has 0 saturated heterocycles. The number of nitrogens with zero attached hydrogens (tertiary/aromatic N) is 1. The summed E-state index contributed by atoms with van der Waals surface area (Å²) in [5, 5.41) is 8.39. The van der Waals surface area contributed by atoms with Crippen LogP contribution >= 0.6 is 23.1 Å². The molecule has 1 unspecified atom stereocenters. The van der Waals surface area contributed by atoms with E-state index in [9.17, 15) is 9.59 Å². The fourth-order valence-corrected chi connectivity index (χ4v) is 5.02. The van der Waals surface area contributed by atoms with Gasteiger partial charge in [0.2, 0.25) is 11.8 Å². The van der Waals surface area contributed by atoms with Crippen molar-refractivity contribution in [3.05, 3.63) is 65.2 Å². The van der Waals surface area contributed by atoms with E-state index >= 15 is 0 Å². The third kappa shape index (κ3) is 4.86. The van der Waals surface area contributed by atoms with Gasteiger partial charge in [-0.15, -0.1) is 23.1 Å². The number of thioether (sulfide) groups is 1. The minimum absolute atomic E-state index is 0.119. The summed E-state index contributed by atoms with van der Waals surface area (Å²) in [6.45, 7) is 2.57. The quantitative estimate of drug-likeness (QED) is 0.621. The lowest BCUT2D eigenvalue weighted by Crippen LogP contribution is -2.35. The fourth-order valence-electron chi connectivity index (χ4n) is 3.05. The first-order chi connectivity index (χ1) is 14.1. The highest BCUT2D eigenvalue weighted by Gasteiger charge is 2.28. The molecule has 3 aromatic rings. The summed E-state index contributed by atoms with van der Waals surface area (Å²) in [5.41, 5.74) is 4.11. The Morgan fingerprint density at radius 3 is 2.79 bits per heavy atom. The van der Waals surface area contributed by atoms with Gasteiger partial charge < -0.3 is 10.6 Å². The van der Waals surface area contributed by atoms with Crippen molar-refractivity contribution in [2.75, 3.05) is 11.9 Å². The zero-order valence-corrected chi connectivity index (χ0v) is 17.6. The van der Waals surface area contributed by atoms with E-state index in [0.29, 0.717) is 13.0 Å². The Kier molecular flexibility index (Phi) is 5.97. The largest absolute Gasteiger partial charge is 0.356 e. The SMILES string of the molecule is Cc1ccc(-c2nc(CCNC(=O)CC3Sc4ccccc4NC3=O)cs2)cc1. The number of aromatic nitrogens is 1. The molecule has 1 aliphatic rings. The number of amides is 2. The molecule has 148 valence electrons. The summed E-state index contributed by atoms with van der Waals surface area (Å²) in [4.78, 5) is 30.2. The van der Waals surface area contributed by atoms with E-state index in [0.717, 1.165) is 26.8 Å². The zero-order chi connectivity index (χ0) is 20.2. The number of anilines is 1. The van der Waals surface area contributed by atoms with E-state index in [1.807, 2.05) is 29.6 Å². The summed E-state index contributed by atoms with van der Waals surface area (Å²) >= 11 is 3.05. The molecule has 0 spiro atoms. The first-order valence-electron chi connectivity index (χ1n) is 9.43. The molecular weight excluding hydrogens is 402 g/mol. The van der Waals surface area contributed by atoms with Crippen molar-refractivity contribution < 1.29 is 9.59 Å². The monoisotopic (exact) mass is 423 g/mol. The van der Waals surface area contributed by atoms with Crippen LogP contribution in [0.15, 0.2) is 58.8 Å². The smallest absolute Gasteiger partial charge is 0.238 e. The molecule has 0 aliphatic carbocycles. The molecular formula is C22H21N3O2S2. The molecule has 1 aromatic heterocycles. The summed E-state index contributed by atoms with van der Waals surface area (Å²) in [6.07, 6.45) is 0.831. The molecule has 2 N–H and O–H groups in total. The number of carbonyl (C=O) groups excluding carboxylic acids is 2. The van der Waals surface area contributed by atoms with Crippen molar-refractivity contribution >= 4 is 40.6 Å². The summed E-state index contributed by atoms with van der Waals surface area (Å²) in [6, 6.07) is 15.9. The van der Waals surface area contributed by atoms with Gasteiger partial charge in [0.15, 0.2) is 0 Å². The number of thiazole rings is 1. The first kappa shape index (κ1) is 19.7. The van der Waals surface area contributed by atoms with Crippen LogP contribution in [0.2, 0.25) is 0 Å². The van der Waals surface area contributed by atoms with Crippen LogP contribution in [-0.4, -0.2) is 28.6 Å². The molecule has 1 aliphatic heterocycles. The van der Waals surface area contributed by atoms with Crippen LogP contribution in [-0.2, 0) is 16.0 Å². The van der Waals surface area contributed by atoms with Crippen LogP contribution in [0.4, 0.5) is 5.69 Å². The second-order valence-corrected chi connectivity index (χ2v) is 9.01. The Bertz CT molecular complexity index is 1030. The van der Waals surface area contributed by atoms with Crippen LogP contribution in [0.1, 0.15) is 17.7 Å². The van der Waals surface area contributed by atoms with Gasteiger partial charge in [-0.2, -0.15) is 0 Å². The molecule has 2 heterocycles. The highest BCUT2D eigenvalue weighted by atomic mass is 32.2. The Labute approximate surface area is 178 Å². The predicted molar refractivity (Wildman–Crippen MR) is 118 cm³/mol. The Morgan fingerprint density at radius 2 is 1.97 bits per heavy atom. The average Bonchev–Trinajstić information content (AvgIpc) is 3.18. The number of benzene rings is 2. The standard InChI is InChI=1S/C22H21N3O2S2/c1-14-6-8-15(9-7-14)22-24-16(13-28-22)10-11-23-20(26)12-19-21(27)25-17-4-2-3-5-18(17)29-19/h2-9,13,19H,10-12H2,1H3,(H,23,26)(H,25,27). The van der Waals surface area contributed by atoms with Gasteiger partial charge in [0.1, 0.15) is 5.01 Å². The van der Waals surface area contributed by atoms with Crippen molar-refractivity contribution in [1.29, 1.82) is 0 Å². The molecule has 0 bridgehead atoms. The number of carbonyl (C=O) groups is 2. The predicted octanol–water partition coefficient (Wildman–Crippen LogP) is 4.28. The minimum atomic E-state index is -0.405. The number of hydrogen-bond donors (Lipinski definition) is 2. The van der Waals surface area contributed by atoms with Crippen molar-refractivity contribution in [1.82, 2.24) is 10.3 Å². The third-order valence-electron chi connectivity index (χ3n) is 4.63. The van der Waals surface area contributed by atoms with Gasteiger partial charge in [0.25, 0.3) is 0 Å². The minimum Gasteiger partial charge on any atom is -0.356 e. The maximum Gasteiger partial charge on any atom is 0.238 e. The van der Waals surface area contributed by atoms with Gasteiger partial charge >= 0.3 is 0 Å². The number of aryl methyl sites for hydroxylation is 1. The van der Waals surface area contributed by atoms with E-state index in [1.54, 1.807) is 11.3 Å². The van der Waals surface area contributed by atoms with Gasteiger partial charge in [0, 0.05) is 35.2 Å². The van der Waals surface area contributed by atoms with Crippen molar-refractivity contribution in [3.63, 3.8) is 0 Å². The molecule has 2 amide bonds. The molecule has 2 aromatic carbocycles. The van der Waals surface area contributed by atoms with Crippen molar-refractivity contribution in [2.45, 2.75) is 29.9 Å². The summed E-state index contributed by atoms with van der Waals surface area (Å²) in [7, 11) is 0. The van der Waals surface area contributed by atoms with E-state index in [1.165, 1.54) is 17.3 Å². The van der Waals surface area contributed by atoms with Gasteiger partial charge in [-0.25, -0.2) is 4.98 Å². The summed E-state index contributed by atoms with van der Waals surface area (Å²) < 4.78 is 0. The van der Waals surface area contributed by atoms with Crippen molar-refractivity contribution in [2.24, 2.45) is 0 Å². The molecule has 0 radical (unpaired) electrons. The number of fused-ring (bicyclic) bond motifs is 1. The Hall–Kier alpha value is -2.64. The lowest BCUT2D eigenvalue weighted by atomic mass is 10.2. The van der Waals surface area contributed by atoms with Gasteiger partial charge in [-0.05, 0) is 19.1 Å². The molecule has 5 nitrogen and oxygen atoms in total. The Morgan fingerprint density at radius 1 is 1.17 bits per heavy atom. The molecule has 29 heavy (non-hydrogen) atoms. The lowest BCUT2D eigenvalue weighted by Gasteiger charge is -2.23. The maximum absolute atomic E-state index is 12.3. The fraction of sp³-hybridized carbons (Fsp3) is 0.227. The van der Waals surface area contributed by atoms with Crippen LogP contribution in [0.3, 0.4) is 0 Å². The normalized spacial score (nSPS) is 15.5. The molecule has 7 heteroatoms. The zero-order valence-electron chi connectivity index (χ0n) is 16.0. The van der Waals surface area contributed by atoms with Crippen LogP contribution in [0, 0.1) is 6.92 Å². The van der Waals surface area contributed by atoms with Crippen LogP contribution in [0.5, 0.6) is 0 Å². The van der Waals surface area contributed by atoms with Gasteiger partial charge in [-0.3, -0.25) is 9.59 Å². The third-order valence-corrected chi connectivity index (χ3v) is 6.85. The van der Waals surface area contributed by atoms with Crippen LogP contribution < -0.4 is 10.6 Å². The lowest BCUT2D eigenvalue weighted by molar-refractivity contribution is -0.124. The van der Waals surface area contributed by atoms with E-state index in [-0.39, 0.29) is 18.2 Å². The van der Waals surface area contributed by atoms with E-state index in [2.05, 4.69) is 46.8 Å². The van der Waals surface area contributed by atoms with Crippen molar-refractivity contribution in [3.8, 4) is 10.6 Å². The maximum atomic E-state index is 12.3. The highest BCUT2D eigenvalue weighted by molar-refractivity contribution is 8.01. The number of para-hydroxylation sites is 1. The average molecular weight is 424 g/mol. The second-order valence-electron chi connectivity index (χ2n) is 6.91. The number of nitrogens with one attached hydrogen (secondary N) is 2. The molecule has 0 fully saturated rings. The van der Waals surface area contributed by atoms with E-state index < -0.39 is 5.25 Å². The molecule has 1 atom stereocenters.